The van der Waals surface area contributed by atoms with Gasteiger partial charge in [0, 0.05) is 13.2 Å². The van der Waals surface area contributed by atoms with Crippen molar-refractivity contribution in [3.63, 3.8) is 0 Å². The maximum atomic E-state index is 12.3. The van der Waals surface area contributed by atoms with Crippen LogP contribution < -0.4 is 5.56 Å². The summed E-state index contributed by atoms with van der Waals surface area (Å²) < 4.78 is 7.49. The van der Waals surface area contributed by atoms with Crippen molar-refractivity contribution in [3.05, 3.63) is 40.3 Å². The van der Waals surface area contributed by atoms with E-state index in [4.69, 9.17) is 0 Å². The lowest BCUT2D eigenvalue weighted by atomic mass is 10.3. The largest absolute Gasteiger partial charge is 0.293 e. The highest BCUT2D eigenvalue weighted by molar-refractivity contribution is 7.12. The zero-order valence-electron chi connectivity index (χ0n) is 9.99. The van der Waals surface area contributed by atoms with Crippen molar-refractivity contribution >= 4 is 21.7 Å². The first-order chi connectivity index (χ1) is 8.66. The van der Waals surface area contributed by atoms with Gasteiger partial charge in [-0.25, -0.2) is 4.98 Å². The van der Waals surface area contributed by atoms with Crippen molar-refractivity contribution in [1.82, 2.24) is 23.7 Å². The minimum atomic E-state index is -0.0487. The first kappa shape index (κ1) is 11.1. The maximum absolute atomic E-state index is 12.3. The third-order valence-corrected chi connectivity index (χ3v) is 3.74. The van der Waals surface area contributed by atoms with Crippen LogP contribution in [-0.4, -0.2) is 23.7 Å². The smallest absolute Gasteiger partial charge is 0.264 e. The van der Waals surface area contributed by atoms with Gasteiger partial charge in [-0.3, -0.25) is 14.0 Å². The van der Waals surface area contributed by atoms with Gasteiger partial charge in [0.1, 0.15) is 0 Å². The van der Waals surface area contributed by atoms with Gasteiger partial charge in [0.2, 0.25) is 0 Å². The van der Waals surface area contributed by atoms with Crippen LogP contribution in [0, 0.1) is 6.92 Å². The fourth-order valence-corrected chi connectivity index (χ4v) is 2.59. The Morgan fingerprint density at radius 3 is 3.00 bits per heavy atom. The van der Waals surface area contributed by atoms with Gasteiger partial charge in [-0.1, -0.05) is 0 Å². The van der Waals surface area contributed by atoms with Crippen LogP contribution in [0.4, 0.5) is 0 Å². The molecule has 0 N–H and O–H groups in total. The Hall–Kier alpha value is -2.02. The molecule has 3 rings (SSSR count). The van der Waals surface area contributed by atoms with Crippen LogP contribution in [0.15, 0.2) is 23.4 Å². The van der Waals surface area contributed by atoms with Crippen LogP contribution in [0.1, 0.15) is 11.4 Å². The monoisotopic (exact) mass is 261 g/mol. The Balaban J connectivity index is 2.13. The number of hydrogen-bond acceptors (Lipinski definition) is 5. The molecular weight excluding hydrogens is 250 g/mol. The van der Waals surface area contributed by atoms with Crippen LogP contribution in [0.5, 0.6) is 0 Å². The molecule has 0 radical (unpaired) electrons. The Morgan fingerprint density at radius 2 is 2.28 bits per heavy atom. The fraction of sp³-hybridized carbons (Fsp3) is 0.273. The molecule has 0 bridgehead atoms. The molecule has 0 fully saturated rings. The number of aryl methyl sites for hydroxylation is 2. The normalized spacial score (nSPS) is 11.2. The second kappa shape index (κ2) is 4.02. The van der Waals surface area contributed by atoms with Crippen LogP contribution in [0.25, 0.3) is 10.2 Å². The average molecular weight is 261 g/mol. The minimum absolute atomic E-state index is 0.0487. The number of rotatable bonds is 2. The van der Waals surface area contributed by atoms with E-state index in [9.17, 15) is 4.79 Å². The second-order valence-electron chi connectivity index (χ2n) is 4.07. The van der Waals surface area contributed by atoms with E-state index < -0.39 is 0 Å². The molecule has 0 aromatic carbocycles. The zero-order chi connectivity index (χ0) is 12.7. The summed E-state index contributed by atoms with van der Waals surface area (Å²) in [6.07, 6.45) is 3.28. The molecule has 6 nitrogen and oxygen atoms in total. The molecule has 3 aromatic rings. The number of nitrogens with zero attached hydrogens (tertiary/aromatic N) is 5. The van der Waals surface area contributed by atoms with Crippen molar-refractivity contribution in [2.24, 2.45) is 7.05 Å². The third-order valence-electron chi connectivity index (χ3n) is 2.89. The van der Waals surface area contributed by atoms with E-state index in [1.165, 1.54) is 11.5 Å². The maximum Gasteiger partial charge on any atom is 0.264 e. The van der Waals surface area contributed by atoms with E-state index in [0.717, 1.165) is 11.4 Å². The topological polar surface area (TPSA) is 65.6 Å². The molecule has 92 valence electrons. The summed E-state index contributed by atoms with van der Waals surface area (Å²) in [4.78, 5) is 17.3. The summed E-state index contributed by atoms with van der Waals surface area (Å²) in [5, 5.41) is 4.70. The summed E-state index contributed by atoms with van der Waals surface area (Å²) in [6, 6.07) is 1.88. The van der Waals surface area contributed by atoms with Crippen molar-refractivity contribution in [2.75, 3.05) is 0 Å². The zero-order valence-corrected chi connectivity index (χ0v) is 10.8. The van der Waals surface area contributed by atoms with E-state index in [1.54, 1.807) is 21.8 Å². The molecule has 0 aliphatic rings. The summed E-state index contributed by atoms with van der Waals surface area (Å²) in [5.74, 6) is 0. The van der Waals surface area contributed by atoms with E-state index in [0.29, 0.717) is 16.8 Å². The van der Waals surface area contributed by atoms with Crippen LogP contribution >= 0.6 is 11.5 Å². The van der Waals surface area contributed by atoms with Crippen molar-refractivity contribution < 1.29 is 0 Å². The molecule has 0 aliphatic heterocycles. The van der Waals surface area contributed by atoms with Crippen molar-refractivity contribution in [2.45, 2.75) is 13.5 Å². The standard InChI is InChI=1S/C11H11N5OS/c1-7-9-10(18-14-7)12-6-16(11(9)17)5-8-3-4-13-15(8)2/h3-4,6H,5H2,1-2H3. The highest BCUT2D eigenvalue weighted by Gasteiger charge is 2.11. The molecule has 3 heterocycles. The van der Waals surface area contributed by atoms with Crippen LogP contribution in [-0.2, 0) is 13.6 Å². The first-order valence-electron chi connectivity index (χ1n) is 5.45. The molecule has 0 atom stereocenters. The predicted octanol–water partition coefficient (Wildman–Crippen LogP) is 0.943. The highest BCUT2D eigenvalue weighted by Crippen LogP contribution is 2.15. The van der Waals surface area contributed by atoms with Gasteiger partial charge in [-0.15, -0.1) is 0 Å². The van der Waals surface area contributed by atoms with Crippen LogP contribution in [0.2, 0.25) is 0 Å². The van der Waals surface area contributed by atoms with Gasteiger partial charge in [0.15, 0.2) is 4.83 Å². The molecule has 18 heavy (non-hydrogen) atoms. The third kappa shape index (κ3) is 1.63. The van der Waals surface area contributed by atoms with Crippen molar-refractivity contribution in [3.8, 4) is 0 Å². The minimum Gasteiger partial charge on any atom is -0.293 e. The van der Waals surface area contributed by atoms with Gasteiger partial charge in [0.05, 0.1) is 29.6 Å². The molecule has 3 aromatic heterocycles. The molecule has 0 saturated heterocycles. The summed E-state index contributed by atoms with van der Waals surface area (Å²) in [5.41, 5.74) is 1.65. The fourth-order valence-electron chi connectivity index (χ4n) is 1.85. The lowest BCUT2D eigenvalue weighted by molar-refractivity contribution is 0.650. The van der Waals surface area contributed by atoms with E-state index in [2.05, 4.69) is 14.5 Å². The van der Waals surface area contributed by atoms with Gasteiger partial charge in [-0.05, 0) is 24.5 Å². The molecule has 0 spiro atoms. The molecule has 0 amide bonds. The van der Waals surface area contributed by atoms with E-state index in [-0.39, 0.29) is 5.56 Å². The van der Waals surface area contributed by atoms with Gasteiger partial charge < -0.3 is 0 Å². The van der Waals surface area contributed by atoms with E-state index >= 15 is 0 Å². The highest BCUT2D eigenvalue weighted by atomic mass is 32.1. The van der Waals surface area contributed by atoms with E-state index in [1.807, 2.05) is 20.0 Å². The van der Waals surface area contributed by atoms with Crippen LogP contribution in [0.3, 0.4) is 0 Å². The van der Waals surface area contributed by atoms with Gasteiger partial charge in [-0.2, -0.15) is 9.47 Å². The molecule has 0 saturated carbocycles. The molecule has 0 unspecified atom stereocenters. The quantitative estimate of drug-likeness (QED) is 0.688. The molecular formula is C11H11N5OS. The molecule has 7 heteroatoms. The second-order valence-corrected chi connectivity index (χ2v) is 4.82. The number of aromatic nitrogens is 5. The lowest BCUT2D eigenvalue weighted by Crippen LogP contribution is -2.22. The average Bonchev–Trinajstić information content (AvgIpc) is 2.91. The number of fused-ring (bicyclic) bond motifs is 1. The Bertz CT molecular complexity index is 769. The number of hydrogen-bond donors (Lipinski definition) is 0. The summed E-state index contributed by atoms with van der Waals surface area (Å²) in [7, 11) is 1.85. The molecule has 0 aliphatic carbocycles. The Morgan fingerprint density at radius 1 is 1.44 bits per heavy atom. The Kier molecular flexibility index (Phi) is 2.48. The lowest BCUT2D eigenvalue weighted by Gasteiger charge is -2.05. The summed E-state index contributed by atoms with van der Waals surface area (Å²) in [6.45, 7) is 2.30. The Labute approximate surface area is 107 Å². The predicted molar refractivity (Wildman–Crippen MR) is 68.7 cm³/mol. The van der Waals surface area contributed by atoms with Crippen molar-refractivity contribution in [1.29, 1.82) is 0 Å². The summed E-state index contributed by atoms with van der Waals surface area (Å²) >= 11 is 1.26. The van der Waals surface area contributed by atoms with Gasteiger partial charge in [0.25, 0.3) is 5.56 Å². The van der Waals surface area contributed by atoms with Gasteiger partial charge >= 0.3 is 0 Å². The first-order valence-corrected chi connectivity index (χ1v) is 6.22. The SMILES string of the molecule is Cc1nsc2ncn(Cc3ccnn3C)c(=O)c12.